The number of hydrogen-bond acceptors (Lipinski definition) is 8. The van der Waals surface area contributed by atoms with E-state index in [4.69, 9.17) is 9.47 Å². The Morgan fingerprint density at radius 1 is 1.02 bits per heavy atom. The van der Waals surface area contributed by atoms with Gasteiger partial charge in [0.25, 0.3) is 23.4 Å². The van der Waals surface area contributed by atoms with E-state index in [0.29, 0.717) is 16.2 Å². The SMILES string of the molecule is CCOc1cc(/C=C2/C(=O)NC(=O)N(c3cccc([N+](=O)[O-])c3)C2=O)ccc1OCC(=O)Nc1ccc(C)cc1C. The van der Waals surface area contributed by atoms with Crippen molar-refractivity contribution in [3.8, 4) is 11.5 Å². The molecule has 3 aromatic rings. The Labute approximate surface area is 234 Å². The van der Waals surface area contributed by atoms with Crippen molar-refractivity contribution >= 4 is 46.9 Å². The molecule has 41 heavy (non-hydrogen) atoms. The minimum absolute atomic E-state index is 0.0713. The molecular weight excluding hydrogens is 532 g/mol. The number of barbiturate groups is 1. The number of nitro groups is 1. The fourth-order valence-electron chi connectivity index (χ4n) is 4.09. The minimum atomic E-state index is -1.03. The molecule has 0 saturated carbocycles. The normalized spacial score (nSPS) is 14.1. The van der Waals surface area contributed by atoms with Crippen LogP contribution in [0.2, 0.25) is 0 Å². The Kier molecular flexibility index (Phi) is 8.42. The highest BCUT2D eigenvalue weighted by molar-refractivity contribution is 6.39. The molecule has 5 amide bonds. The first-order valence-electron chi connectivity index (χ1n) is 12.5. The fourth-order valence-corrected chi connectivity index (χ4v) is 4.09. The second-order valence-corrected chi connectivity index (χ2v) is 9.03. The molecule has 2 N–H and O–H groups in total. The van der Waals surface area contributed by atoms with Crippen molar-refractivity contribution in [1.29, 1.82) is 0 Å². The van der Waals surface area contributed by atoms with Crippen LogP contribution in [0.4, 0.5) is 21.9 Å². The number of non-ortho nitro benzene ring substituents is 1. The minimum Gasteiger partial charge on any atom is -0.490 e. The third-order valence-electron chi connectivity index (χ3n) is 5.99. The van der Waals surface area contributed by atoms with Crippen LogP contribution in [0.3, 0.4) is 0 Å². The molecule has 1 aliphatic heterocycles. The maximum Gasteiger partial charge on any atom is 0.335 e. The quantitative estimate of drug-likeness (QED) is 0.170. The summed E-state index contributed by atoms with van der Waals surface area (Å²) in [6.45, 7) is 5.57. The van der Waals surface area contributed by atoms with Crippen molar-refractivity contribution in [2.24, 2.45) is 0 Å². The summed E-state index contributed by atoms with van der Waals surface area (Å²) in [6, 6.07) is 14.1. The predicted octanol–water partition coefficient (Wildman–Crippen LogP) is 4.29. The maximum atomic E-state index is 13.2. The number of benzene rings is 3. The number of rotatable bonds is 9. The van der Waals surface area contributed by atoms with Gasteiger partial charge in [0.05, 0.1) is 17.2 Å². The van der Waals surface area contributed by atoms with Gasteiger partial charge in [0.2, 0.25) is 0 Å². The van der Waals surface area contributed by atoms with Crippen molar-refractivity contribution in [1.82, 2.24) is 5.32 Å². The summed E-state index contributed by atoms with van der Waals surface area (Å²) in [6.07, 6.45) is 1.26. The molecule has 1 heterocycles. The third-order valence-corrected chi connectivity index (χ3v) is 5.99. The molecule has 0 aromatic heterocycles. The lowest BCUT2D eigenvalue weighted by atomic mass is 10.1. The van der Waals surface area contributed by atoms with Crippen molar-refractivity contribution in [2.45, 2.75) is 20.8 Å². The predicted molar refractivity (Wildman–Crippen MR) is 150 cm³/mol. The van der Waals surface area contributed by atoms with E-state index < -0.39 is 22.8 Å². The number of amides is 5. The van der Waals surface area contributed by atoms with E-state index >= 15 is 0 Å². The van der Waals surface area contributed by atoms with Gasteiger partial charge in [0.1, 0.15) is 5.57 Å². The molecule has 3 aromatic carbocycles. The van der Waals surface area contributed by atoms with Crippen LogP contribution in [0.1, 0.15) is 23.6 Å². The maximum absolute atomic E-state index is 13.2. The molecule has 1 saturated heterocycles. The Bertz CT molecular complexity index is 1600. The highest BCUT2D eigenvalue weighted by Gasteiger charge is 2.37. The smallest absolute Gasteiger partial charge is 0.335 e. The molecule has 0 unspecified atom stereocenters. The van der Waals surface area contributed by atoms with Crippen LogP contribution < -0.4 is 25.0 Å². The number of ether oxygens (including phenoxy) is 2. The van der Waals surface area contributed by atoms with Gasteiger partial charge in [-0.15, -0.1) is 0 Å². The molecule has 12 heteroatoms. The van der Waals surface area contributed by atoms with Gasteiger partial charge in [0, 0.05) is 17.8 Å². The summed E-state index contributed by atoms with van der Waals surface area (Å²) in [7, 11) is 0. The zero-order valence-electron chi connectivity index (χ0n) is 22.4. The average molecular weight is 559 g/mol. The van der Waals surface area contributed by atoms with Gasteiger partial charge < -0.3 is 14.8 Å². The van der Waals surface area contributed by atoms with Crippen molar-refractivity contribution in [2.75, 3.05) is 23.4 Å². The second-order valence-electron chi connectivity index (χ2n) is 9.03. The zero-order valence-corrected chi connectivity index (χ0v) is 22.4. The molecule has 0 bridgehead atoms. The van der Waals surface area contributed by atoms with Gasteiger partial charge in [-0.3, -0.25) is 29.8 Å². The molecule has 0 aliphatic carbocycles. The lowest BCUT2D eigenvalue weighted by Crippen LogP contribution is -2.54. The monoisotopic (exact) mass is 558 g/mol. The lowest BCUT2D eigenvalue weighted by molar-refractivity contribution is -0.384. The van der Waals surface area contributed by atoms with Crippen molar-refractivity contribution < 1.29 is 33.6 Å². The van der Waals surface area contributed by atoms with Crippen LogP contribution in [-0.4, -0.2) is 41.9 Å². The highest BCUT2D eigenvalue weighted by Crippen LogP contribution is 2.31. The number of urea groups is 1. The van der Waals surface area contributed by atoms with Crippen LogP contribution in [-0.2, 0) is 14.4 Å². The van der Waals surface area contributed by atoms with Crippen LogP contribution in [0.5, 0.6) is 11.5 Å². The number of aryl methyl sites for hydroxylation is 2. The molecule has 1 fully saturated rings. The summed E-state index contributed by atoms with van der Waals surface area (Å²) in [5, 5.41) is 16.0. The largest absolute Gasteiger partial charge is 0.490 e. The Balaban J connectivity index is 1.55. The van der Waals surface area contributed by atoms with Gasteiger partial charge in [-0.05, 0) is 62.2 Å². The molecule has 0 radical (unpaired) electrons. The summed E-state index contributed by atoms with van der Waals surface area (Å²) < 4.78 is 11.3. The number of carbonyl (C=O) groups is 4. The van der Waals surface area contributed by atoms with E-state index in [-0.39, 0.29) is 47.6 Å². The fraction of sp³-hybridized carbons (Fsp3) is 0.172. The molecule has 1 aliphatic rings. The van der Waals surface area contributed by atoms with Crippen LogP contribution in [0, 0.1) is 24.0 Å². The van der Waals surface area contributed by atoms with Crippen LogP contribution in [0.15, 0.2) is 66.2 Å². The number of carbonyl (C=O) groups excluding carboxylic acids is 4. The van der Waals surface area contributed by atoms with Crippen LogP contribution in [0.25, 0.3) is 6.08 Å². The number of imide groups is 2. The van der Waals surface area contributed by atoms with Gasteiger partial charge in [-0.1, -0.05) is 29.8 Å². The second kappa shape index (κ2) is 12.1. The first kappa shape index (κ1) is 28.5. The van der Waals surface area contributed by atoms with E-state index in [0.717, 1.165) is 17.2 Å². The Morgan fingerprint density at radius 3 is 2.51 bits per heavy atom. The van der Waals surface area contributed by atoms with Gasteiger partial charge in [-0.25, -0.2) is 9.69 Å². The molecular formula is C29H26N4O8. The first-order valence-corrected chi connectivity index (χ1v) is 12.5. The molecule has 0 atom stereocenters. The molecule has 0 spiro atoms. The van der Waals surface area contributed by atoms with Crippen molar-refractivity contribution in [3.05, 3.63) is 93.0 Å². The van der Waals surface area contributed by atoms with E-state index in [1.807, 2.05) is 32.0 Å². The topological polar surface area (TPSA) is 157 Å². The Morgan fingerprint density at radius 2 is 1.80 bits per heavy atom. The standard InChI is InChI=1S/C29H26N4O8/c1-4-40-25-14-19(9-11-24(25)41-16-26(34)30-23-10-8-17(2)12-18(23)3)13-22-27(35)31-29(37)32(28(22)36)20-6-5-7-21(15-20)33(38)39/h5-15H,4,16H2,1-3H3,(H,30,34)(H,31,35,37)/b22-13-. The van der Waals surface area contributed by atoms with E-state index in [1.165, 1.54) is 36.4 Å². The average Bonchev–Trinajstić information content (AvgIpc) is 2.92. The van der Waals surface area contributed by atoms with Gasteiger partial charge in [-0.2, -0.15) is 0 Å². The van der Waals surface area contributed by atoms with Crippen molar-refractivity contribution in [3.63, 3.8) is 0 Å². The summed E-state index contributed by atoms with van der Waals surface area (Å²) in [4.78, 5) is 61.8. The third kappa shape index (κ3) is 6.56. The number of hydrogen-bond donors (Lipinski definition) is 2. The zero-order chi connectivity index (χ0) is 29.7. The van der Waals surface area contributed by atoms with Gasteiger partial charge in [0.15, 0.2) is 18.1 Å². The number of nitrogens with zero attached hydrogens (tertiary/aromatic N) is 2. The summed E-state index contributed by atoms with van der Waals surface area (Å²) in [5.74, 6) is -1.74. The van der Waals surface area contributed by atoms with E-state index in [9.17, 15) is 29.3 Å². The number of nitrogens with one attached hydrogen (secondary N) is 2. The summed E-state index contributed by atoms with van der Waals surface area (Å²) >= 11 is 0. The number of anilines is 2. The lowest BCUT2D eigenvalue weighted by Gasteiger charge is -2.26. The molecule has 12 nitrogen and oxygen atoms in total. The Hall–Kier alpha value is -5.52. The molecule has 4 rings (SSSR count). The van der Waals surface area contributed by atoms with E-state index in [2.05, 4.69) is 10.6 Å². The first-order chi connectivity index (χ1) is 19.6. The molecule has 210 valence electrons. The highest BCUT2D eigenvalue weighted by atomic mass is 16.6. The summed E-state index contributed by atoms with van der Waals surface area (Å²) in [5.41, 5.74) is 2.25. The van der Waals surface area contributed by atoms with E-state index in [1.54, 1.807) is 13.0 Å². The van der Waals surface area contributed by atoms with Gasteiger partial charge >= 0.3 is 6.03 Å². The number of nitro benzene ring substituents is 1. The van der Waals surface area contributed by atoms with Crippen LogP contribution >= 0.6 is 0 Å².